The van der Waals surface area contributed by atoms with E-state index >= 15 is 0 Å². The standard InChI is InChI=1S/C22H29N5O4/c1-15-13-30-9-7-26(15)20-12-19(23-21(28)17-5-4-6-18(11-17)29-3)24-22(25-20)27-8-10-31-14-16(27)2/h4-6,11-12,15-16H,7-10,13-14H2,1-3H3,(H,23,24,25,28)/t15-,16-/m0/s1. The summed E-state index contributed by atoms with van der Waals surface area (Å²) in [5.74, 6) is 2.21. The predicted molar refractivity (Wildman–Crippen MR) is 118 cm³/mol. The molecule has 31 heavy (non-hydrogen) atoms. The molecule has 1 aromatic carbocycles. The van der Waals surface area contributed by atoms with Crippen molar-refractivity contribution in [2.24, 2.45) is 0 Å². The monoisotopic (exact) mass is 427 g/mol. The first-order chi connectivity index (χ1) is 15.0. The predicted octanol–water partition coefficient (Wildman–Crippen LogP) is 2.19. The van der Waals surface area contributed by atoms with E-state index in [9.17, 15) is 4.79 Å². The number of hydrogen-bond acceptors (Lipinski definition) is 8. The Morgan fingerprint density at radius 2 is 1.77 bits per heavy atom. The van der Waals surface area contributed by atoms with Gasteiger partial charge in [-0.25, -0.2) is 0 Å². The average Bonchev–Trinajstić information content (AvgIpc) is 2.79. The number of ether oxygens (including phenoxy) is 3. The van der Waals surface area contributed by atoms with Gasteiger partial charge in [-0.1, -0.05) is 6.07 Å². The van der Waals surface area contributed by atoms with E-state index in [2.05, 4.69) is 33.9 Å². The summed E-state index contributed by atoms with van der Waals surface area (Å²) in [6.07, 6.45) is 0. The van der Waals surface area contributed by atoms with Gasteiger partial charge < -0.3 is 29.3 Å². The van der Waals surface area contributed by atoms with Crippen molar-refractivity contribution in [3.63, 3.8) is 0 Å². The normalized spacial score (nSPS) is 21.6. The molecule has 0 spiro atoms. The van der Waals surface area contributed by atoms with Crippen molar-refractivity contribution in [3.8, 4) is 5.75 Å². The fraction of sp³-hybridized carbons (Fsp3) is 0.500. The third-order valence-corrected chi connectivity index (χ3v) is 5.56. The minimum Gasteiger partial charge on any atom is -0.497 e. The van der Waals surface area contributed by atoms with Crippen molar-refractivity contribution in [2.45, 2.75) is 25.9 Å². The van der Waals surface area contributed by atoms with E-state index in [1.165, 1.54) is 0 Å². The molecule has 1 amide bonds. The third kappa shape index (κ3) is 4.88. The van der Waals surface area contributed by atoms with Crippen LogP contribution in [0.4, 0.5) is 17.6 Å². The Bertz CT molecular complexity index is 884. The summed E-state index contributed by atoms with van der Waals surface area (Å²) in [7, 11) is 1.58. The van der Waals surface area contributed by atoms with Crippen LogP contribution in [0.3, 0.4) is 0 Å². The van der Waals surface area contributed by atoms with Gasteiger partial charge in [-0.05, 0) is 32.0 Å². The molecule has 2 aromatic rings. The van der Waals surface area contributed by atoms with Crippen LogP contribution in [-0.2, 0) is 9.47 Å². The highest BCUT2D eigenvalue weighted by Gasteiger charge is 2.26. The lowest BCUT2D eigenvalue weighted by Gasteiger charge is -2.36. The molecule has 3 heterocycles. The number of aromatic nitrogens is 2. The molecule has 1 aromatic heterocycles. The molecule has 166 valence electrons. The van der Waals surface area contributed by atoms with Gasteiger partial charge in [0, 0.05) is 24.7 Å². The number of amides is 1. The molecular weight excluding hydrogens is 398 g/mol. The first-order valence-corrected chi connectivity index (χ1v) is 10.6. The van der Waals surface area contributed by atoms with Gasteiger partial charge in [-0.2, -0.15) is 9.97 Å². The largest absolute Gasteiger partial charge is 0.497 e. The number of morpholine rings is 2. The molecule has 2 aliphatic rings. The molecule has 0 unspecified atom stereocenters. The zero-order chi connectivity index (χ0) is 21.8. The Kier molecular flexibility index (Phi) is 6.53. The van der Waals surface area contributed by atoms with E-state index in [4.69, 9.17) is 19.2 Å². The molecule has 9 nitrogen and oxygen atoms in total. The number of rotatable bonds is 5. The van der Waals surface area contributed by atoms with Crippen molar-refractivity contribution in [3.05, 3.63) is 35.9 Å². The molecular formula is C22H29N5O4. The second-order valence-electron chi connectivity index (χ2n) is 7.83. The maximum absolute atomic E-state index is 12.9. The summed E-state index contributed by atoms with van der Waals surface area (Å²) in [6.45, 7) is 8.15. The van der Waals surface area contributed by atoms with Gasteiger partial charge in [-0.15, -0.1) is 0 Å². The Hall–Kier alpha value is -2.91. The highest BCUT2D eigenvalue weighted by Crippen LogP contribution is 2.26. The van der Waals surface area contributed by atoms with Gasteiger partial charge in [-0.3, -0.25) is 4.79 Å². The van der Waals surface area contributed by atoms with Crippen LogP contribution in [0.5, 0.6) is 5.75 Å². The topological polar surface area (TPSA) is 89.0 Å². The Morgan fingerprint density at radius 3 is 2.45 bits per heavy atom. The lowest BCUT2D eigenvalue weighted by molar-refractivity contribution is 0.0971. The van der Waals surface area contributed by atoms with Gasteiger partial charge in [0.25, 0.3) is 5.91 Å². The Balaban J connectivity index is 1.65. The number of carbonyl (C=O) groups excluding carboxylic acids is 1. The number of benzene rings is 1. The number of hydrogen-bond donors (Lipinski definition) is 1. The molecule has 0 bridgehead atoms. The molecule has 2 saturated heterocycles. The van der Waals surface area contributed by atoms with E-state index in [0.29, 0.717) is 56.1 Å². The molecule has 4 rings (SSSR count). The molecule has 2 fully saturated rings. The average molecular weight is 428 g/mol. The van der Waals surface area contributed by atoms with Gasteiger partial charge in [0.15, 0.2) is 0 Å². The molecule has 1 N–H and O–H groups in total. The summed E-state index contributed by atoms with van der Waals surface area (Å²) >= 11 is 0. The van der Waals surface area contributed by atoms with Crippen LogP contribution in [0.2, 0.25) is 0 Å². The molecule has 0 saturated carbocycles. The number of nitrogens with one attached hydrogen (secondary N) is 1. The van der Waals surface area contributed by atoms with E-state index in [-0.39, 0.29) is 18.0 Å². The Labute approximate surface area is 182 Å². The van der Waals surface area contributed by atoms with Crippen molar-refractivity contribution in [2.75, 3.05) is 61.7 Å². The fourth-order valence-electron chi connectivity index (χ4n) is 3.81. The van der Waals surface area contributed by atoms with Crippen LogP contribution < -0.4 is 19.9 Å². The second kappa shape index (κ2) is 9.49. The van der Waals surface area contributed by atoms with E-state index < -0.39 is 0 Å². The van der Waals surface area contributed by atoms with Crippen LogP contribution in [0.1, 0.15) is 24.2 Å². The lowest BCUT2D eigenvalue weighted by atomic mass is 10.2. The number of carbonyl (C=O) groups is 1. The first-order valence-electron chi connectivity index (χ1n) is 10.6. The second-order valence-corrected chi connectivity index (χ2v) is 7.83. The molecule has 9 heteroatoms. The summed E-state index contributed by atoms with van der Waals surface area (Å²) in [5.41, 5.74) is 0.501. The molecule has 2 aliphatic heterocycles. The van der Waals surface area contributed by atoms with Gasteiger partial charge in [0.2, 0.25) is 5.95 Å². The number of nitrogens with zero attached hydrogens (tertiary/aromatic N) is 4. The highest BCUT2D eigenvalue weighted by atomic mass is 16.5. The summed E-state index contributed by atoms with van der Waals surface area (Å²) in [6, 6.07) is 9.19. The lowest BCUT2D eigenvalue weighted by Crippen LogP contribution is -2.46. The van der Waals surface area contributed by atoms with Crippen LogP contribution in [-0.4, -0.2) is 74.6 Å². The quantitative estimate of drug-likeness (QED) is 0.777. The summed E-state index contributed by atoms with van der Waals surface area (Å²) in [4.78, 5) is 26.7. The Morgan fingerprint density at radius 1 is 1.06 bits per heavy atom. The summed E-state index contributed by atoms with van der Waals surface area (Å²) < 4.78 is 16.4. The summed E-state index contributed by atoms with van der Waals surface area (Å²) in [5, 5.41) is 2.94. The van der Waals surface area contributed by atoms with Crippen LogP contribution in [0, 0.1) is 0 Å². The van der Waals surface area contributed by atoms with Crippen molar-refractivity contribution < 1.29 is 19.0 Å². The minimum atomic E-state index is -0.250. The maximum Gasteiger partial charge on any atom is 0.256 e. The first kappa shape index (κ1) is 21.3. The van der Waals surface area contributed by atoms with Crippen molar-refractivity contribution in [1.29, 1.82) is 0 Å². The van der Waals surface area contributed by atoms with Gasteiger partial charge >= 0.3 is 0 Å². The smallest absolute Gasteiger partial charge is 0.256 e. The zero-order valence-corrected chi connectivity index (χ0v) is 18.2. The maximum atomic E-state index is 12.9. The highest BCUT2D eigenvalue weighted by molar-refractivity contribution is 6.04. The molecule has 2 atom stereocenters. The third-order valence-electron chi connectivity index (χ3n) is 5.56. The molecule has 0 aliphatic carbocycles. The molecule has 0 radical (unpaired) electrons. The van der Waals surface area contributed by atoms with E-state index in [0.717, 1.165) is 12.4 Å². The zero-order valence-electron chi connectivity index (χ0n) is 18.2. The SMILES string of the molecule is COc1cccc(C(=O)Nc2cc(N3CCOC[C@@H]3C)nc(N3CCOC[C@@H]3C)n2)c1. The van der Waals surface area contributed by atoms with Gasteiger partial charge in [0.1, 0.15) is 17.4 Å². The van der Waals surface area contributed by atoms with Crippen LogP contribution in [0.25, 0.3) is 0 Å². The van der Waals surface area contributed by atoms with E-state index in [1.807, 2.05) is 6.07 Å². The van der Waals surface area contributed by atoms with Crippen LogP contribution >= 0.6 is 0 Å². The number of methoxy groups -OCH3 is 1. The van der Waals surface area contributed by atoms with Gasteiger partial charge in [0.05, 0.1) is 45.6 Å². The van der Waals surface area contributed by atoms with Crippen molar-refractivity contribution in [1.82, 2.24) is 9.97 Å². The minimum absolute atomic E-state index is 0.146. The fourth-order valence-corrected chi connectivity index (χ4v) is 3.81. The number of anilines is 3. The van der Waals surface area contributed by atoms with Crippen molar-refractivity contribution >= 4 is 23.5 Å². The van der Waals surface area contributed by atoms with E-state index in [1.54, 1.807) is 31.4 Å². The van der Waals surface area contributed by atoms with Crippen LogP contribution in [0.15, 0.2) is 30.3 Å².